The summed E-state index contributed by atoms with van der Waals surface area (Å²) in [6.45, 7) is 10.0. The predicted molar refractivity (Wildman–Crippen MR) is 53.7 cm³/mol. The average molecular weight is 193 g/mol. The van der Waals surface area contributed by atoms with E-state index < -0.39 is 0 Å². The summed E-state index contributed by atoms with van der Waals surface area (Å²) in [6, 6.07) is 0. The van der Waals surface area contributed by atoms with Gasteiger partial charge < -0.3 is 10.6 Å². The van der Waals surface area contributed by atoms with Crippen LogP contribution >= 0.6 is 0 Å². The Balaban J connectivity index is 3.86. The molecule has 0 aromatic rings. The molecule has 0 rings (SSSR count). The van der Waals surface area contributed by atoms with Crippen LogP contribution in [0.4, 0.5) is 0 Å². The van der Waals surface area contributed by atoms with Crippen molar-refractivity contribution in [3.8, 4) is 0 Å². The molecule has 0 spiro atoms. The van der Waals surface area contributed by atoms with E-state index in [1.54, 1.807) is 13.8 Å². The van der Waals surface area contributed by atoms with Gasteiger partial charge >= 0.3 is 0 Å². The fourth-order valence-corrected chi connectivity index (χ4v) is 0.433. The third-order valence-corrected chi connectivity index (χ3v) is 1.24. The lowest BCUT2D eigenvalue weighted by molar-refractivity contribution is -0.117. The molecule has 0 aliphatic carbocycles. The normalized spacial score (nSPS) is 9.57. The molecule has 0 aromatic carbocycles. The Bertz CT molecular complexity index is 273. The number of amides is 2. The van der Waals surface area contributed by atoms with Crippen LogP contribution in [-0.2, 0) is 9.59 Å². The first-order valence-corrected chi connectivity index (χ1v) is 3.94. The minimum Gasteiger partial charge on any atom is -0.327 e. The number of hydrogen-bond acceptors (Lipinski definition) is 2. The smallest absolute Gasteiger partial charge is 0.250 e. The van der Waals surface area contributed by atoms with E-state index in [-0.39, 0.29) is 11.8 Å². The van der Waals surface area contributed by atoms with Crippen molar-refractivity contribution < 1.29 is 9.59 Å². The summed E-state index contributed by atoms with van der Waals surface area (Å²) < 4.78 is 0. The topological polar surface area (TPSA) is 58.2 Å². The van der Waals surface area contributed by atoms with Crippen molar-refractivity contribution in [3.63, 3.8) is 0 Å². The maximum absolute atomic E-state index is 10.9. The maximum Gasteiger partial charge on any atom is 0.250 e. The molecule has 0 aliphatic heterocycles. The Morgan fingerprint density at radius 2 is 1.64 bits per heavy atom. The second-order valence-electron chi connectivity index (χ2n) is 2.78. The van der Waals surface area contributed by atoms with Gasteiger partial charge in [-0.15, -0.1) is 0 Å². The second-order valence-corrected chi connectivity index (χ2v) is 2.78. The summed E-state index contributed by atoms with van der Waals surface area (Å²) in [7, 11) is 0. The van der Waals surface area contributed by atoms with Gasteiger partial charge in [-0.2, -0.15) is 0 Å². The monoisotopic (exact) mass is 193 g/mol. The predicted octanol–water partition coefficient (Wildman–Crippen LogP) is 0.645. The lowest BCUT2D eigenvalue weighted by Gasteiger charge is -1.98. The molecule has 2 N–H and O–H groups in total. The van der Waals surface area contributed by atoms with Crippen molar-refractivity contribution in [2.45, 2.75) is 13.8 Å². The molecule has 1 radical (unpaired) electrons. The first-order valence-electron chi connectivity index (χ1n) is 3.94. The van der Waals surface area contributed by atoms with Gasteiger partial charge in [0.25, 0.3) is 5.91 Å². The van der Waals surface area contributed by atoms with Crippen LogP contribution < -0.4 is 10.6 Å². The lowest BCUT2D eigenvalue weighted by atomic mass is 10.3. The second kappa shape index (κ2) is 5.75. The van der Waals surface area contributed by atoms with Crippen LogP contribution in [0, 0.1) is 6.20 Å². The van der Waals surface area contributed by atoms with Crippen LogP contribution in [0.2, 0.25) is 0 Å². The molecule has 0 atom stereocenters. The minimum absolute atomic E-state index is 0.318. The van der Waals surface area contributed by atoms with Gasteiger partial charge in [0.2, 0.25) is 5.91 Å². The van der Waals surface area contributed by atoms with E-state index in [0.29, 0.717) is 11.1 Å². The highest BCUT2D eigenvalue weighted by molar-refractivity contribution is 5.93. The number of rotatable bonds is 4. The summed E-state index contributed by atoms with van der Waals surface area (Å²) in [5, 5.41) is 4.65. The van der Waals surface area contributed by atoms with Crippen LogP contribution in [0.15, 0.2) is 30.5 Å². The Morgan fingerprint density at radius 3 is 2.07 bits per heavy atom. The molecule has 0 aromatic heterocycles. The van der Waals surface area contributed by atoms with E-state index in [2.05, 4.69) is 30.0 Å². The largest absolute Gasteiger partial charge is 0.327 e. The number of hydrogen-bond donors (Lipinski definition) is 2. The molecule has 0 aliphatic rings. The van der Waals surface area contributed by atoms with Crippen molar-refractivity contribution in [2.75, 3.05) is 0 Å². The van der Waals surface area contributed by atoms with Gasteiger partial charge in [-0.1, -0.05) is 13.2 Å². The molecule has 0 saturated heterocycles. The minimum atomic E-state index is -0.342. The van der Waals surface area contributed by atoms with Gasteiger partial charge in [0, 0.05) is 17.3 Å². The Morgan fingerprint density at radius 1 is 1.14 bits per heavy atom. The van der Waals surface area contributed by atoms with Crippen LogP contribution in [0.5, 0.6) is 0 Å². The summed E-state index contributed by atoms with van der Waals surface area (Å²) in [5.41, 5.74) is 0.756. The zero-order valence-electron chi connectivity index (χ0n) is 8.31. The Kier molecular flexibility index (Phi) is 4.99. The van der Waals surface area contributed by atoms with Crippen molar-refractivity contribution in [1.29, 1.82) is 0 Å². The van der Waals surface area contributed by atoms with Gasteiger partial charge in [-0.05, 0) is 13.8 Å². The van der Waals surface area contributed by atoms with Crippen LogP contribution in [0.1, 0.15) is 13.8 Å². The molecule has 0 unspecified atom stereocenters. The van der Waals surface area contributed by atoms with Crippen molar-refractivity contribution >= 4 is 11.8 Å². The summed E-state index contributed by atoms with van der Waals surface area (Å²) >= 11 is 0. The standard InChI is InChI=1S/C10H13N2O2/c1-7(2)9(13)11-5-6-12-10(14)8(3)4/h5H,1,3H2,2,4H3,(H,11,13)(H,12,14). The van der Waals surface area contributed by atoms with Crippen molar-refractivity contribution in [2.24, 2.45) is 0 Å². The summed E-state index contributed by atoms with van der Waals surface area (Å²) in [4.78, 5) is 21.8. The maximum atomic E-state index is 10.9. The highest BCUT2D eigenvalue weighted by atomic mass is 16.2. The van der Waals surface area contributed by atoms with Gasteiger partial charge in [-0.25, -0.2) is 0 Å². The first kappa shape index (κ1) is 12.2. The van der Waals surface area contributed by atoms with Crippen LogP contribution in [0.3, 0.4) is 0 Å². The molecule has 0 bridgehead atoms. The summed E-state index contributed by atoms with van der Waals surface area (Å²) in [6.07, 6.45) is 3.60. The van der Waals surface area contributed by atoms with Gasteiger partial charge in [0.15, 0.2) is 0 Å². The number of nitrogens with one attached hydrogen (secondary N) is 2. The molecule has 0 heterocycles. The number of carbonyl (C=O) groups is 2. The molecule has 4 nitrogen and oxygen atoms in total. The van der Waals surface area contributed by atoms with E-state index >= 15 is 0 Å². The lowest BCUT2D eigenvalue weighted by Crippen LogP contribution is -2.22. The van der Waals surface area contributed by atoms with E-state index in [4.69, 9.17) is 0 Å². The molecule has 75 valence electrons. The van der Waals surface area contributed by atoms with Crippen LogP contribution in [-0.4, -0.2) is 11.8 Å². The van der Waals surface area contributed by atoms with Gasteiger partial charge in [0.1, 0.15) is 0 Å². The SMILES string of the molecule is C=C(C)C(=O)N/[C]=C/NC(=O)C(=C)C. The van der Waals surface area contributed by atoms with Crippen LogP contribution in [0.25, 0.3) is 0 Å². The molecule has 14 heavy (non-hydrogen) atoms. The highest BCUT2D eigenvalue weighted by Gasteiger charge is 1.98. The Hall–Kier alpha value is -1.84. The van der Waals surface area contributed by atoms with Gasteiger partial charge in [0.05, 0.1) is 6.20 Å². The quantitative estimate of drug-likeness (QED) is 0.508. The Labute approximate surface area is 83.4 Å². The molecular weight excluding hydrogens is 180 g/mol. The fourth-order valence-electron chi connectivity index (χ4n) is 0.433. The van der Waals surface area contributed by atoms with Crippen molar-refractivity contribution in [1.82, 2.24) is 10.6 Å². The summed E-state index contributed by atoms with van der Waals surface area (Å²) in [5.74, 6) is -0.659. The third-order valence-electron chi connectivity index (χ3n) is 1.24. The number of carbonyl (C=O) groups excluding carboxylic acids is 2. The van der Waals surface area contributed by atoms with E-state index in [1.807, 2.05) is 0 Å². The molecule has 0 fully saturated rings. The molecule has 0 saturated carbocycles. The third kappa shape index (κ3) is 4.92. The molecule has 2 amide bonds. The zero-order valence-corrected chi connectivity index (χ0v) is 8.31. The van der Waals surface area contributed by atoms with E-state index in [9.17, 15) is 9.59 Å². The molecule has 4 heteroatoms. The molecular formula is C10H13N2O2. The van der Waals surface area contributed by atoms with E-state index in [1.165, 1.54) is 6.20 Å². The first-order chi connectivity index (χ1) is 6.45. The fraction of sp³-hybridized carbons (Fsp3) is 0.200. The van der Waals surface area contributed by atoms with E-state index in [0.717, 1.165) is 0 Å². The van der Waals surface area contributed by atoms with Crippen molar-refractivity contribution in [3.05, 3.63) is 36.7 Å². The average Bonchev–Trinajstić information content (AvgIpc) is 2.11. The zero-order chi connectivity index (χ0) is 11.1. The highest BCUT2D eigenvalue weighted by Crippen LogP contribution is 1.85. The van der Waals surface area contributed by atoms with Gasteiger partial charge in [-0.3, -0.25) is 9.59 Å².